The summed E-state index contributed by atoms with van der Waals surface area (Å²) in [6.07, 6.45) is 5.79. The maximum Gasteiger partial charge on any atom is 0.225 e. The monoisotopic (exact) mass is 312 g/mol. The van der Waals surface area contributed by atoms with Gasteiger partial charge in [0.1, 0.15) is 5.82 Å². The Morgan fingerprint density at radius 1 is 1.30 bits per heavy atom. The number of hydrogen-bond donors (Lipinski definition) is 1. The molecule has 0 saturated heterocycles. The zero-order valence-corrected chi connectivity index (χ0v) is 12.5. The third-order valence-corrected chi connectivity index (χ3v) is 3.15. The fourth-order valence-electron chi connectivity index (χ4n) is 2.05. The molecule has 3 rings (SSSR count). The molecule has 0 fully saturated rings. The van der Waals surface area contributed by atoms with Gasteiger partial charge in [0.2, 0.25) is 5.95 Å². The first kappa shape index (κ1) is 14.7. The van der Waals surface area contributed by atoms with Crippen LogP contribution >= 0.6 is 0 Å². The van der Waals surface area contributed by atoms with Gasteiger partial charge in [0, 0.05) is 24.4 Å². The zero-order valence-electron chi connectivity index (χ0n) is 12.5. The highest BCUT2D eigenvalue weighted by Gasteiger charge is 2.14. The Kier molecular flexibility index (Phi) is 3.75. The van der Waals surface area contributed by atoms with Crippen molar-refractivity contribution in [3.63, 3.8) is 0 Å². The number of nitrogens with two attached hydrogens (primary N) is 1. The molecule has 0 atom stereocenters. The van der Waals surface area contributed by atoms with Crippen LogP contribution in [0.4, 0.5) is 10.3 Å². The van der Waals surface area contributed by atoms with Crippen molar-refractivity contribution >= 4 is 17.2 Å². The number of hydrogen-bond acceptors (Lipinski definition) is 7. The van der Waals surface area contributed by atoms with Gasteiger partial charge in [-0.15, -0.1) is 0 Å². The van der Waals surface area contributed by atoms with Crippen molar-refractivity contribution < 1.29 is 4.39 Å². The third kappa shape index (κ3) is 2.76. The van der Waals surface area contributed by atoms with Crippen LogP contribution in [-0.2, 0) is 0 Å². The van der Waals surface area contributed by atoms with E-state index in [0.29, 0.717) is 11.2 Å². The highest BCUT2D eigenvalue weighted by Crippen LogP contribution is 2.23. The van der Waals surface area contributed by atoms with Crippen LogP contribution in [0, 0.1) is 5.82 Å². The lowest BCUT2D eigenvalue weighted by atomic mass is 10.2. The molecule has 0 radical (unpaired) electrons. The van der Waals surface area contributed by atoms with Gasteiger partial charge in [0.05, 0.1) is 18.6 Å². The Morgan fingerprint density at radius 3 is 2.87 bits per heavy atom. The Hall–Kier alpha value is -3.23. The first-order valence-corrected chi connectivity index (χ1v) is 6.68. The average Bonchev–Trinajstić information content (AvgIpc) is 2.97. The van der Waals surface area contributed by atoms with Gasteiger partial charge in [-0.25, -0.2) is 9.37 Å². The predicted octanol–water partition coefficient (Wildman–Crippen LogP) is 2.35. The summed E-state index contributed by atoms with van der Waals surface area (Å²) in [5, 5.41) is 11.7. The highest BCUT2D eigenvalue weighted by molar-refractivity contribution is 5.76. The van der Waals surface area contributed by atoms with Crippen LogP contribution < -0.4 is 5.73 Å². The standard InChI is InChI=1S/C14H13FN8/c1-8(4-19-17-2)11-7-20-23-13(11)21-12(22-14(23)16)9-3-10(15)6-18-5-9/h3-7H,1-2H3,(H2,16,21,22)/b8-4+,19-17?. The van der Waals surface area contributed by atoms with E-state index in [4.69, 9.17) is 5.73 Å². The topological polar surface area (TPSA) is 107 Å². The summed E-state index contributed by atoms with van der Waals surface area (Å²) in [6, 6.07) is 1.29. The van der Waals surface area contributed by atoms with Gasteiger partial charge in [-0.1, -0.05) is 0 Å². The van der Waals surface area contributed by atoms with Crippen LogP contribution in [0.3, 0.4) is 0 Å². The molecule has 0 aromatic carbocycles. The summed E-state index contributed by atoms with van der Waals surface area (Å²) < 4.78 is 14.8. The van der Waals surface area contributed by atoms with E-state index in [2.05, 4.69) is 30.3 Å². The number of anilines is 1. The van der Waals surface area contributed by atoms with E-state index in [1.54, 1.807) is 19.4 Å². The van der Waals surface area contributed by atoms with Gasteiger partial charge < -0.3 is 5.73 Å². The number of rotatable bonds is 3. The van der Waals surface area contributed by atoms with Gasteiger partial charge in [-0.2, -0.15) is 24.8 Å². The first-order valence-electron chi connectivity index (χ1n) is 6.68. The normalized spacial score (nSPS) is 12.4. The van der Waals surface area contributed by atoms with E-state index < -0.39 is 5.82 Å². The molecule has 3 heterocycles. The smallest absolute Gasteiger partial charge is 0.225 e. The van der Waals surface area contributed by atoms with Crippen molar-refractivity contribution in [2.24, 2.45) is 10.2 Å². The molecule has 3 aromatic rings. The summed E-state index contributed by atoms with van der Waals surface area (Å²) in [6.45, 7) is 1.85. The summed E-state index contributed by atoms with van der Waals surface area (Å²) in [5.74, 6) is -0.0585. The third-order valence-electron chi connectivity index (χ3n) is 3.15. The lowest BCUT2D eigenvalue weighted by molar-refractivity contribution is 0.622. The molecule has 9 heteroatoms. The molecule has 0 spiro atoms. The fraction of sp³-hybridized carbons (Fsp3) is 0.143. The maximum absolute atomic E-state index is 13.4. The van der Waals surface area contributed by atoms with E-state index >= 15 is 0 Å². The molecule has 23 heavy (non-hydrogen) atoms. The molecule has 0 saturated carbocycles. The van der Waals surface area contributed by atoms with Crippen LogP contribution in [0.25, 0.3) is 22.6 Å². The summed E-state index contributed by atoms with van der Waals surface area (Å²) in [5.41, 5.74) is 8.39. The van der Waals surface area contributed by atoms with Crippen molar-refractivity contribution in [1.29, 1.82) is 0 Å². The Labute approximate surface area is 130 Å². The molecular formula is C14H13FN8. The number of fused-ring (bicyclic) bond motifs is 1. The van der Waals surface area contributed by atoms with Crippen molar-refractivity contribution in [2.75, 3.05) is 12.8 Å². The molecular weight excluding hydrogens is 299 g/mol. The van der Waals surface area contributed by atoms with E-state index in [1.807, 2.05) is 6.92 Å². The lowest BCUT2D eigenvalue weighted by Crippen LogP contribution is -2.06. The molecule has 0 aliphatic carbocycles. The second-order valence-electron chi connectivity index (χ2n) is 4.72. The maximum atomic E-state index is 13.4. The first-order chi connectivity index (χ1) is 11.1. The van der Waals surface area contributed by atoms with Crippen molar-refractivity contribution in [3.05, 3.63) is 42.2 Å². The quantitative estimate of drug-likeness (QED) is 0.747. The van der Waals surface area contributed by atoms with Gasteiger partial charge in [-0.3, -0.25) is 4.98 Å². The average molecular weight is 312 g/mol. The molecule has 2 N–H and O–H groups in total. The molecule has 0 unspecified atom stereocenters. The van der Waals surface area contributed by atoms with Crippen LogP contribution in [0.5, 0.6) is 0 Å². The number of pyridine rings is 1. The number of azo groups is 1. The van der Waals surface area contributed by atoms with Crippen LogP contribution in [0.1, 0.15) is 12.5 Å². The summed E-state index contributed by atoms with van der Waals surface area (Å²) in [7, 11) is 1.58. The predicted molar refractivity (Wildman–Crippen MR) is 82.8 cm³/mol. The number of aromatic nitrogens is 5. The van der Waals surface area contributed by atoms with Gasteiger partial charge in [0.15, 0.2) is 11.5 Å². The number of nitrogen functional groups attached to an aromatic ring is 1. The van der Waals surface area contributed by atoms with Gasteiger partial charge >= 0.3 is 0 Å². The van der Waals surface area contributed by atoms with Crippen LogP contribution in [-0.4, -0.2) is 31.6 Å². The lowest BCUT2D eigenvalue weighted by Gasteiger charge is -2.04. The second kappa shape index (κ2) is 5.87. The number of halogens is 1. The number of nitrogens with zero attached hydrogens (tertiary/aromatic N) is 7. The molecule has 0 aliphatic rings. The molecule has 116 valence electrons. The van der Waals surface area contributed by atoms with Crippen molar-refractivity contribution in [2.45, 2.75) is 6.92 Å². The summed E-state index contributed by atoms with van der Waals surface area (Å²) >= 11 is 0. The van der Waals surface area contributed by atoms with E-state index in [9.17, 15) is 4.39 Å². The minimum Gasteiger partial charge on any atom is -0.368 e. The molecule has 3 aromatic heterocycles. The van der Waals surface area contributed by atoms with Gasteiger partial charge in [-0.05, 0) is 18.6 Å². The van der Waals surface area contributed by atoms with E-state index in [0.717, 1.165) is 17.3 Å². The van der Waals surface area contributed by atoms with Crippen LogP contribution in [0.15, 0.2) is 41.1 Å². The molecule has 8 nitrogen and oxygen atoms in total. The SMILES string of the molecule is CN=N/C=C(\C)c1cnn2c(N)nc(-c3cncc(F)c3)nc12. The molecule has 0 aliphatic heterocycles. The minimum atomic E-state index is -0.474. The highest BCUT2D eigenvalue weighted by atomic mass is 19.1. The van der Waals surface area contributed by atoms with E-state index in [-0.39, 0.29) is 11.8 Å². The number of allylic oxidation sites excluding steroid dienone is 1. The van der Waals surface area contributed by atoms with Crippen molar-refractivity contribution in [3.8, 4) is 11.4 Å². The summed E-state index contributed by atoms with van der Waals surface area (Å²) in [4.78, 5) is 12.4. The Balaban J connectivity index is 2.20. The second-order valence-corrected chi connectivity index (χ2v) is 4.72. The zero-order chi connectivity index (χ0) is 16.4. The van der Waals surface area contributed by atoms with Crippen molar-refractivity contribution in [1.82, 2.24) is 24.6 Å². The molecule has 0 bridgehead atoms. The molecule has 0 amide bonds. The fourth-order valence-corrected chi connectivity index (χ4v) is 2.05. The minimum absolute atomic E-state index is 0.144. The largest absolute Gasteiger partial charge is 0.368 e. The Morgan fingerprint density at radius 2 is 2.13 bits per heavy atom. The Bertz CT molecular complexity index is 928. The van der Waals surface area contributed by atoms with Crippen LogP contribution in [0.2, 0.25) is 0 Å². The van der Waals surface area contributed by atoms with Gasteiger partial charge in [0.25, 0.3) is 0 Å². The van der Waals surface area contributed by atoms with E-state index in [1.165, 1.54) is 16.8 Å².